The molecule has 0 unspecified atom stereocenters. The molecule has 1 aromatic carbocycles. The van der Waals surface area contributed by atoms with Gasteiger partial charge in [-0.25, -0.2) is 4.39 Å². The summed E-state index contributed by atoms with van der Waals surface area (Å²) in [6.07, 6.45) is 1.88. The highest BCUT2D eigenvalue weighted by Gasteiger charge is 2.20. The summed E-state index contributed by atoms with van der Waals surface area (Å²) in [6, 6.07) is 10.1. The molecule has 120 valence electrons. The van der Waals surface area contributed by atoms with Crippen LogP contribution in [0.25, 0.3) is 0 Å². The average Bonchev–Trinajstić information content (AvgIpc) is 2.58. The van der Waals surface area contributed by atoms with Gasteiger partial charge < -0.3 is 16.0 Å². The Balaban J connectivity index is 1.55. The van der Waals surface area contributed by atoms with Crippen molar-refractivity contribution in [1.82, 2.24) is 10.2 Å². The molecular formula is C16H18FN5O. The first-order chi connectivity index (χ1) is 11.1. The highest BCUT2D eigenvalue weighted by Crippen LogP contribution is 2.20. The zero-order valence-electron chi connectivity index (χ0n) is 12.6. The normalized spacial score (nSPS) is 15.4. The van der Waals surface area contributed by atoms with Crippen molar-refractivity contribution in [3.05, 3.63) is 47.9 Å². The first kappa shape index (κ1) is 15.2. The fraction of sp³-hybridized carbons (Fsp3) is 0.312. The molecule has 1 aliphatic rings. The van der Waals surface area contributed by atoms with Gasteiger partial charge in [-0.15, -0.1) is 10.2 Å². The lowest BCUT2D eigenvalue weighted by molar-refractivity contribution is 0.0994. The summed E-state index contributed by atoms with van der Waals surface area (Å²) in [5.74, 6) is -0.0650. The van der Waals surface area contributed by atoms with E-state index in [2.05, 4.69) is 20.4 Å². The van der Waals surface area contributed by atoms with E-state index in [0.717, 1.165) is 37.4 Å². The third-order valence-corrected chi connectivity index (χ3v) is 3.94. The first-order valence-corrected chi connectivity index (χ1v) is 7.52. The van der Waals surface area contributed by atoms with Gasteiger partial charge in [0.25, 0.3) is 5.91 Å². The summed E-state index contributed by atoms with van der Waals surface area (Å²) in [7, 11) is 0. The Morgan fingerprint density at radius 1 is 1.13 bits per heavy atom. The maximum Gasteiger partial charge on any atom is 0.269 e. The van der Waals surface area contributed by atoms with Crippen LogP contribution in [0, 0.1) is 5.82 Å². The summed E-state index contributed by atoms with van der Waals surface area (Å²) < 4.78 is 12.9. The van der Waals surface area contributed by atoms with Gasteiger partial charge in [0.2, 0.25) is 0 Å². The lowest BCUT2D eigenvalue weighted by Crippen LogP contribution is -2.39. The molecule has 0 saturated carbocycles. The third kappa shape index (κ3) is 3.74. The van der Waals surface area contributed by atoms with Crippen molar-refractivity contribution in [2.75, 3.05) is 23.3 Å². The highest BCUT2D eigenvalue weighted by atomic mass is 19.1. The number of carbonyl (C=O) groups excluding carboxylic acids is 1. The number of amides is 1. The Morgan fingerprint density at radius 3 is 2.39 bits per heavy atom. The summed E-state index contributed by atoms with van der Waals surface area (Å²) in [5.41, 5.74) is 6.25. The number of rotatable bonds is 4. The van der Waals surface area contributed by atoms with Crippen LogP contribution in [0.5, 0.6) is 0 Å². The van der Waals surface area contributed by atoms with Gasteiger partial charge in [0.05, 0.1) is 0 Å². The molecule has 3 N–H and O–H groups in total. The Bertz CT molecular complexity index is 666. The number of benzene rings is 1. The molecule has 3 rings (SSSR count). The van der Waals surface area contributed by atoms with Crippen molar-refractivity contribution in [3.8, 4) is 0 Å². The van der Waals surface area contributed by atoms with E-state index < -0.39 is 5.91 Å². The molecule has 1 fully saturated rings. The van der Waals surface area contributed by atoms with Crippen LogP contribution in [0.1, 0.15) is 23.3 Å². The van der Waals surface area contributed by atoms with E-state index in [0.29, 0.717) is 6.04 Å². The number of hydrogen-bond donors (Lipinski definition) is 2. The molecule has 6 nitrogen and oxygen atoms in total. The van der Waals surface area contributed by atoms with Crippen molar-refractivity contribution in [2.24, 2.45) is 5.73 Å². The van der Waals surface area contributed by atoms with E-state index in [-0.39, 0.29) is 11.5 Å². The Hall–Kier alpha value is -2.70. The monoisotopic (exact) mass is 315 g/mol. The van der Waals surface area contributed by atoms with Gasteiger partial charge >= 0.3 is 0 Å². The maximum atomic E-state index is 12.9. The number of carbonyl (C=O) groups is 1. The number of nitrogens with one attached hydrogen (secondary N) is 1. The first-order valence-electron chi connectivity index (χ1n) is 7.52. The summed E-state index contributed by atoms with van der Waals surface area (Å²) in [6.45, 7) is 1.67. The zero-order chi connectivity index (χ0) is 16.2. The SMILES string of the molecule is NC(=O)c1ccc(N2CCC(Nc3ccc(F)cc3)CC2)nn1. The number of nitrogens with zero attached hydrogens (tertiary/aromatic N) is 3. The molecular weight excluding hydrogens is 297 g/mol. The standard InChI is InChI=1S/C16H18FN5O/c17-11-1-3-12(4-2-11)19-13-7-9-22(10-8-13)15-6-5-14(16(18)23)20-21-15/h1-6,13,19H,7-10H2,(H2,18,23). The number of aromatic nitrogens is 2. The topological polar surface area (TPSA) is 84.1 Å². The van der Waals surface area contributed by atoms with Gasteiger partial charge in [0, 0.05) is 24.8 Å². The van der Waals surface area contributed by atoms with Crippen LogP contribution in [-0.4, -0.2) is 35.2 Å². The van der Waals surface area contributed by atoms with Crippen molar-refractivity contribution >= 4 is 17.4 Å². The summed E-state index contributed by atoms with van der Waals surface area (Å²) >= 11 is 0. The maximum absolute atomic E-state index is 12.9. The van der Waals surface area contributed by atoms with E-state index in [1.165, 1.54) is 12.1 Å². The molecule has 0 aliphatic carbocycles. The third-order valence-electron chi connectivity index (χ3n) is 3.94. The van der Waals surface area contributed by atoms with Gasteiger partial charge in [0.1, 0.15) is 5.82 Å². The molecule has 1 saturated heterocycles. The predicted molar refractivity (Wildman–Crippen MR) is 85.8 cm³/mol. The highest BCUT2D eigenvalue weighted by molar-refractivity contribution is 5.90. The number of halogens is 1. The molecule has 23 heavy (non-hydrogen) atoms. The zero-order valence-corrected chi connectivity index (χ0v) is 12.6. The van der Waals surface area contributed by atoms with Gasteiger partial charge in [-0.1, -0.05) is 0 Å². The van der Waals surface area contributed by atoms with Crippen LogP contribution in [0.4, 0.5) is 15.9 Å². The average molecular weight is 315 g/mol. The second-order valence-corrected chi connectivity index (χ2v) is 5.55. The number of anilines is 2. The Morgan fingerprint density at radius 2 is 1.83 bits per heavy atom. The van der Waals surface area contributed by atoms with Crippen LogP contribution in [0.2, 0.25) is 0 Å². The number of piperidine rings is 1. The van der Waals surface area contributed by atoms with Crippen LogP contribution in [0.15, 0.2) is 36.4 Å². The lowest BCUT2D eigenvalue weighted by atomic mass is 10.0. The Labute approximate surface area is 133 Å². The molecule has 1 aromatic heterocycles. The van der Waals surface area contributed by atoms with Gasteiger partial charge in [0.15, 0.2) is 11.5 Å². The second-order valence-electron chi connectivity index (χ2n) is 5.55. The molecule has 2 heterocycles. The van der Waals surface area contributed by atoms with Gasteiger partial charge in [-0.2, -0.15) is 0 Å². The van der Waals surface area contributed by atoms with Crippen molar-refractivity contribution < 1.29 is 9.18 Å². The quantitative estimate of drug-likeness (QED) is 0.899. The van der Waals surface area contributed by atoms with E-state index in [1.54, 1.807) is 24.3 Å². The van der Waals surface area contributed by atoms with E-state index in [1.807, 2.05) is 0 Å². The molecule has 1 amide bonds. The van der Waals surface area contributed by atoms with Crippen molar-refractivity contribution in [1.29, 1.82) is 0 Å². The van der Waals surface area contributed by atoms with Crippen LogP contribution in [0.3, 0.4) is 0 Å². The largest absolute Gasteiger partial charge is 0.382 e. The molecule has 2 aromatic rings. The number of primary amides is 1. The molecule has 0 radical (unpaired) electrons. The van der Waals surface area contributed by atoms with E-state index in [9.17, 15) is 9.18 Å². The molecule has 0 atom stereocenters. The number of hydrogen-bond acceptors (Lipinski definition) is 5. The lowest BCUT2D eigenvalue weighted by Gasteiger charge is -2.33. The molecule has 0 spiro atoms. The summed E-state index contributed by atoms with van der Waals surface area (Å²) in [4.78, 5) is 13.1. The van der Waals surface area contributed by atoms with Crippen molar-refractivity contribution in [3.63, 3.8) is 0 Å². The minimum Gasteiger partial charge on any atom is -0.382 e. The van der Waals surface area contributed by atoms with Gasteiger partial charge in [-0.05, 0) is 49.2 Å². The fourth-order valence-corrected chi connectivity index (χ4v) is 2.66. The van der Waals surface area contributed by atoms with Gasteiger partial charge in [-0.3, -0.25) is 4.79 Å². The number of nitrogens with two attached hydrogens (primary N) is 1. The van der Waals surface area contributed by atoms with Crippen LogP contribution >= 0.6 is 0 Å². The predicted octanol–water partition coefficient (Wildman–Crippen LogP) is 1.80. The second kappa shape index (κ2) is 6.60. The Kier molecular flexibility index (Phi) is 4.36. The minimum absolute atomic E-state index is 0.168. The smallest absolute Gasteiger partial charge is 0.269 e. The van der Waals surface area contributed by atoms with E-state index in [4.69, 9.17) is 5.73 Å². The van der Waals surface area contributed by atoms with Crippen LogP contribution in [-0.2, 0) is 0 Å². The fourth-order valence-electron chi connectivity index (χ4n) is 2.66. The van der Waals surface area contributed by atoms with Crippen LogP contribution < -0.4 is 16.0 Å². The molecule has 7 heteroatoms. The molecule has 1 aliphatic heterocycles. The molecule has 0 bridgehead atoms. The van der Waals surface area contributed by atoms with E-state index >= 15 is 0 Å². The summed E-state index contributed by atoms with van der Waals surface area (Å²) in [5, 5.41) is 11.3. The van der Waals surface area contributed by atoms with Crippen molar-refractivity contribution in [2.45, 2.75) is 18.9 Å². The minimum atomic E-state index is -0.578.